The molecule has 226 valence electrons. The predicted molar refractivity (Wildman–Crippen MR) is 198 cm³/mol. The molecule has 3 nitrogen and oxygen atoms in total. The van der Waals surface area contributed by atoms with E-state index in [4.69, 9.17) is 8.83 Å². The maximum Gasteiger partial charge on any atom is 0.145 e. The molecule has 0 spiro atoms. The Labute approximate surface area is 276 Å². The Balaban J connectivity index is 1.07. The minimum absolute atomic E-state index is 0.173. The monoisotopic (exact) mass is 615 g/mol. The quantitative estimate of drug-likeness (QED) is 0.194. The van der Waals surface area contributed by atoms with Crippen molar-refractivity contribution in [1.82, 2.24) is 4.57 Å². The number of rotatable bonds is 2. The first-order valence-corrected chi connectivity index (χ1v) is 16.6. The number of para-hydroxylation sites is 3. The molecule has 0 bridgehead atoms. The summed E-state index contributed by atoms with van der Waals surface area (Å²) in [7, 11) is 0. The van der Waals surface area contributed by atoms with E-state index in [-0.39, 0.29) is 5.41 Å². The van der Waals surface area contributed by atoms with E-state index < -0.39 is 0 Å². The largest absolute Gasteiger partial charge is 0.456 e. The van der Waals surface area contributed by atoms with Crippen LogP contribution in [0.15, 0.2) is 148 Å². The molecule has 3 heteroatoms. The van der Waals surface area contributed by atoms with Gasteiger partial charge in [0.2, 0.25) is 0 Å². The van der Waals surface area contributed by atoms with Crippen molar-refractivity contribution in [1.29, 1.82) is 0 Å². The molecule has 10 aromatic rings. The van der Waals surface area contributed by atoms with Crippen LogP contribution in [-0.2, 0) is 5.41 Å². The second kappa shape index (κ2) is 9.05. The lowest BCUT2D eigenvalue weighted by molar-refractivity contribution is 0.660. The van der Waals surface area contributed by atoms with Gasteiger partial charge < -0.3 is 13.4 Å². The predicted octanol–water partition coefficient (Wildman–Crippen LogP) is 12.6. The molecule has 7 aromatic carbocycles. The topological polar surface area (TPSA) is 31.2 Å². The third-order valence-electron chi connectivity index (χ3n) is 10.8. The van der Waals surface area contributed by atoms with E-state index in [9.17, 15) is 0 Å². The molecule has 11 rings (SSSR count). The number of benzene rings is 7. The number of furan rings is 2. The molecule has 48 heavy (non-hydrogen) atoms. The summed E-state index contributed by atoms with van der Waals surface area (Å²) in [6, 6.07) is 50.4. The average molecular weight is 616 g/mol. The summed E-state index contributed by atoms with van der Waals surface area (Å²) in [6.07, 6.45) is 0. The zero-order valence-corrected chi connectivity index (χ0v) is 26.5. The van der Waals surface area contributed by atoms with Crippen molar-refractivity contribution in [3.8, 4) is 27.9 Å². The van der Waals surface area contributed by atoms with Crippen LogP contribution >= 0.6 is 0 Å². The second-order valence-electron chi connectivity index (χ2n) is 13.7. The molecule has 0 amide bonds. The van der Waals surface area contributed by atoms with Gasteiger partial charge in [-0.05, 0) is 94.0 Å². The van der Waals surface area contributed by atoms with E-state index in [1.165, 1.54) is 44.3 Å². The average Bonchev–Trinajstić information content (AvgIpc) is 3.84. The standard InChI is InChI=1S/C45H29NO2/c1-45(2)36-24-27(26-16-22-42-35(23-26)32-10-5-7-13-40(32)47-42)15-18-29(36)30-19-17-28(25-37(30)45)46-38-12-6-3-11-34(38)43-39(46)21-20-33-31-9-4-8-14-41(31)48-44(33)43/h3-25H,1-2H3. The summed E-state index contributed by atoms with van der Waals surface area (Å²) in [5, 5.41) is 6.98. The number of fused-ring (bicyclic) bond motifs is 13. The molecule has 0 saturated carbocycles. The zero-order chi connectivity index (χ0) is 31.7. The van der Waals surface area contributed by atoms with Crippen molar-refractivity contribution in [2.45, 2.75) is 19.3 Å². The van der Waals surface area contributed by atoms with Gasteiger partial charge >= 0.3 is 0 Å². The summed E-state index contributed by atoms with van der Waals surface area (Å²) in [6.45, 7) is 4.73. The minimum atomic E-state index is -0.173. The fourth-order valence-corrected chi connectivity index (χ4v) is 8.46. The fraction of sp³-hybridized carbons (Fsp3) is 0.0667. The molecule has 3 heterocycles. The van der Waals surface area contributed by atoms with E-state index in [2.05, 4.69) is 140 Å². The Kier molecular flexibility index (Phi) is 4.91. The highest BCUT2D eigenvalue weighted by Gasteiger charge is 2.36. The fourth-order valence-electron chi connectivity index (χ4n) is 8.46. The Morgan fingerprint density at radius 3 is 1.92 bits per heavy atom. The molecular weight excluding hydrogens is 587 g/mol. The molecule has 0 fully saturated rings. The summed E-state index contributed by atoms with van der Waals surface area (Å²) in [4.78, 5) is 0. The van der Waals surface area contributed by atoms with E-state index in [0.717, 1.165) is 60.5 Å². The molecule has 0 N–H and O–H groups in total. The molecular formula is C45H29NO2. The van der Waals surface area contributed by atoms with Crippen molar-refractivity contribution in [3.05, 3.63) is 151 Å². The van der Waals surface area contributed by atoms with E-state index in [1.54, 1.807) is 0 Å². The van der Waals surface area contributed by atoms with Gasteiger partial charge in [0.25, 0.3) is 0 Å². The first-order valence-electron chi connectivity index (χ1n) is 16.6. The number of aromatic nitrogens is 1. The lowest BCUT2D eigenvalue weighted by Crippen LogP contribution is -2.15. The number of hydrogen-bond donors (Lipinski definition) is 0. The van der Waals surface area contributed by atoms with Crippen LogP contribution in [0, 0.1) is 0 Å². The maximum atomic E-state index is 6.54. The molecule has 0 radical (unpaired) electrons. The Hall–Kier alpha value is -6.06. The maximum absolute atomic E-state index is 6.54. The summed E-state index contributed by atoms with van der Waals surface area (Å²) in [5.41, 5.74) is 14.8. The number of hydrogen-bond acceptors (Lipinski definition) is 2. The van der Waals surface area contributed by atoms with Crippen molar-refractivity contribution in [2.24, 2.45) is 0 Å². The third kappa shape index (κ3) is 3.33. The number of nitrogens with zero attached hydrogens (tertiary/aromatic N) is 1. The highest BCUT2D eigenvalue weighted by Crippen LogP contribution is 2.51. The van der Waals surface area contributed by atoms with Gasteiger partial charge in [-0.15, -0.1) is 0 Å². The van der Waals surface area contributed by atoms with Gasteiger partial charge in [0.1, 0.15) is 22.3 Å². The van der Waals surface area contributed by atoms with Crippen LogP contribution in [0.1, 0.15) is 25.0 Å². The Bertz CT molecular complexity index is 2980. The Morgan fingerprint density at radius 2 is 1.08 bits per heavy atom. The summed E-state index contributed by atoms with van der Waals surface area (Å²) >= 11 is 0. The zero-order valence-electron chi connectivity index (χ0n) is 26.5. The van der Waals surface area contributed by atoms with Crippen LogP contribution in [0.25, 0.3) is 93.6 Å². The van der Waals surface area contributed by atoms with Gasteiger partial charge in [-0.1, -0.05) is 92.7 Å². The van der Waals surface area contributed by atoms with Gasteiger partial charge in [-0.25, -0.2) is 0 Å². The van der Waals surface area contributed by atoms with Crippen LogP contribution in [0.4, 0.5) is 0 Å². The van der Waals surface area contributed by atoms with Gasteiger partial charge in [-0.2, -0.15) is 0 Å². The summed E-state index contributed by atoms with van der Waals surface area (Å²) in [5.74, 6) is 0. The lowest BCUT2D eigenvalue weighted by Gasteiger charge is -2.23. The SMILES string of the molecule is CC1(C)c2cc(-c3ccc4oc5ccccc5c4c3)ccc2-c2ccc(-n3c4ccccc4c4c5oc6ccccc6c5ccc43)cc21. The van der Waals surface area contributed by atoms with Gasteiger partial charge in [0.15, 0.2) is 0 Å². The molecule has 0 aliphatic heterocycles. The normalized spacial score (nSPS) is 13.8. The molecule has 0 unspecified atom stereocenters. The first kappa shape index (κ1) is 26.1. The van der Waals surface area contributed by atoms with Crippen LogP contribution in [0.3, 0.4) is 0 Å². The van der Waals surface area contributed by atoms with Crippen molar-refractivity contribution < 1.29 is 8.83 Å². The first-order chi connectivity index (χ1) is 23.5. The van der Waals surface area contributed by atoms with Crippen molar-refractivity contribution in [3.63, 3.8) is 0 Å². The molecule has 0 saturated heterocycles. The minimum Gasteiger partial charge on any atom is -0.456 e. The van der Waals surface area contributed by atoms with Crippen LogP contribution < -0.4 is 0 Å². The van der Waals surface area contributed by atoms with E-state index >= 15 is 0 Å². The smallest absolute Gasteiger partial charge is 0.145 e. The van der Waals surface area contributed by atoms with E-state index in [0.29, 0.717) is 0 Å². The van der Waals surface area contributed by atoms with Crippen molar-refractivity contribution >= 4 is 65.7 Å². The van der Waals surface area contributed by atoms with Crippen LogP contribution in [-0.4, -0.2) is 4.57 Å². The van der Waals surface area contributed by atoms with Crippen molar-refractivity contribution in [2.75, 3.05) is 0 Å². The second-order valence-corrected chi connectivity index (χ2v) is 13.7. The molecule has 0 atom stereocenters. The lowest BCUT2D eigenvalue weighted by atomic mass is 9.81. The molecule has 3 aromatic heterocycles. The van der Waals surface area contributed by atoms with Gasteiger partial charge in [0, 0.05) is 38.0 Å². The van der Waals surface area contributed by atoms with Crippen LogP contribution in [0.5, 0.6) is 0 Å². The van der Waals surface area contributed by atoms with Gasteiger partial charge in [-0.3, -0.25) is 0 Å². The highest BCUT2D eigenvalue weighted by molar-refractivity contribution is 6.23. The molecule has 1 aliphatic carbocycles. The highest BCUT2D eigenvalue weighted by atomic mass is 16.3. The summed E-state index contributed by atoms with van der Waals surface area (Å²) < 4.78 is 15.1. The third-order valence-corrected chi connectivity index (χ3v) is 10.8. The Morgan fingerprint density at radius 1 is 0.458 bits per heavy atom. The molecule has 1 aliphatic rings. The van der Waals surface area contributed by atoms with E-state index in [1.807, 2.05) is 18.2 Å². The van der Waals surface area contributed by atoms with Crippen LogP contribution in [0.2, 0.25) is 0 Å². The van der Waals surface area contributed by atoms with Gasteiger partial charge in [0.05, 0.1) is 16.4 Å².